The van der Waals surface area contributed by atoms with E-state index in [0.717, 1.165) is 11.4 Å². The van der Waals surface area contributed by atoms with Crippen LogP contribution in [0.1, 0.15) is 0 Å². The Morgan fingerprint density at radius 1 is 0.600 bits per heavy atom. The second kappa shape index (κ2) is 5.85. The molecule has 0 saturated heterocycles. The predicted octanol–water partition coefficient (Wildman–Crippen LogP) is 4.10. The molecular weight excluding hydrogens is 410 g/mol. The molecule has 2 aromatic carbocycles. The third-order valence-corrected chi connectivity index (χ3v) is 4.85. The molecule has 0 aliphatic rings. The molecule has 0 N–H and O–H groups in total. The fourth-order valence-corrected chi connectivity index (χ4v) is 3.56. The van der Waals surface area contributed by atoms with Crippen molar-refractivity contribution in [2.45, 2.75) is 0 Å². The molecule has 2 nitrogen and oxygen atoms in total. The molecule has 0 aliphatic carbocycles. The summed E-state index contributed by atoms with van der Waals surface area (Å²) in [5, 5.41) is 0. The first-order valence-corrected chi connectivity index (χ1v) is 8.44. The van der Waals surface area contributed by atoms with Crippen LogP contribution >= 0.6 is 0 Å². The van der Waals surface area contributed by atoms with Gasteiger partial charge in [0.05, 0.1) is 0 Å². The van der Waals surface area contributed by atoms with Crippen LogP contribution in [0.15, 0.2) is 65.2 Å². The van der Waals surface area contributed by atoms with E-state index in [1.54, 1.807) is 0 Å². The van der Waals surface area contributed by atoms with Gasteiger partial charge in [-0.25, -0.2) is 0 Å². The number of hydrogen-bond acceptors (Lipinski definition) is 2. The maximum atomic E-state index is 4.54. The van der Waals surface area contributed by atoms with Crippen LogP contribution in [-0.4, -0.2) is 0 Å². The van der Waals surface area contributed by atoms with Crippen molar-refractivity contribution < 1.29 is 27.4 Å². The zero-order valence-electron chi connectivity index (χ0n) is 8.17. The maximum absolute atomic E-state index is 4.54. The predicted molar refractivity (Wildman–Crippen MR) is 57.1 cm³/mol. The SMILES string of the molecule is c1ccc([N]=[U+2]=[N]c2ccccc2)cc1. The molecule has 0 heterocycles. The van der Waals surface area contributed by atoms with Crippen LogP contribution in [0.25, 0.3) is 0 Å². The molecule has 2 rings (SSSR count). The van der Waals surface area contributed by atoms with Gasteiger partial charge in [-0.3, -0.25) is 0 Å². The van der Waals surface area contributed by atoms with Gasteiger partial charge in [-0.15, -0.1) is 0 Å². The van der Waals surface area contributed by atoms with E-state index in [0.29, 0.717) is 0 Å². The van der Waals surface area contributed by atoms with Crippen LogP contribution < -0.4 is 0 Å². The zero-order valence-corrected chi connectivity index (χ0v) is 12.3. The van der Waals surface area contributed by atoms with E-state index in [1.165, 1.54) is 0 Å². The first-order valence-electron chi connectivity index (χ1n) is 4.72. The van der Waals surface area contributed by atoms with Gasteiger partial charge < -0.3 is 0 Å². The van der Waals surface area contributed by atoms with Gasteiger partial charge in [-0.1, -0.05) is 0 Å². The van der Waals surface area contributed by atoms with Crippen molar-refractivity contribution in [2.75, 3.05) is 0 Å². The molecule has 0 amide bonds. The van der Waals surface area contributed by atoms with Crippen molar-refractivity contribution in [3.8, 4) is 0 Å². The minimum atomic E-state index is -1.35. The van der Waals surface area contributed by atoms with Crippen LogP contribution in [0.4, 0.5) is 11.4 Å². The second-order valence-electron chi connectivity index (χ2n) is 2.99. The van der Waals surface area contributed by atoms with E-state index in [1.807, 2.05) is 60.7 Å². The molecule has 0 aliphatic heterocycles. The van der Waals surface area contributed by atoms with Gasteiger partial charge in [0.2, 0.25) is 0 Å². The van der Waals surface area contributed by atoms with Crippen molar-refractivity contribution in [1.82, 2.24) is 0 Å². The molecule has 0 unspecified atom stereocenters. The Labute approximate surface area is 103 Å². The van der Waals surface area contributed by atoms with Gasteiger partial charge in [-0.05, 0) is 0 Å². The Balaban J connectivity index is 2.16. The molecule has 0 spiro atoms. The number of nitrogens with zero attached hydrogens (tertiary/aromatic N) is 2. The Hall–Kier alpha value is -0.908. The van der Waals surface area contributed by atoms with Crippen molar-refractivity contribution in [3.05, 3.63) is 60.7 Å². The molecule has 15 heavy (non-hydrogen) atoms. The fraction of sp³-hybridized carbons (Fsp3) is 0. The summed E-state index contributed by atoms with van der Waals surface area (Å²) in [5.74, 6) is 0. The van der Waals surface area contributed by atoms with Gasteiger partial charge in [0.1, 0.15) is 0 Å². The molecule has 2 aromatic rings. The molecule has 0 bridgehead atoms. The summed E-state index contributed by atoms with van der Waals surface area (Å²) in [7, 11) is 0. The molecule has 3 heteroatoms. The van der Waals surface area contributed by atoms with E-state index in [4.69, 9.17) is 0 Å². The summed E-state index contributed by atoms with van der Waals surface area (Å²) < 4.78 is 9.09. The van der Waals surface area contributed by atoms with Crippen LogP contribution in [0.3, 0.4) is 0 Å². The first-order chi connectivity index (χ1) is 7.45. The van der Waals surface area contributed by atoms with Crippen molar-refractivity contribution in [2.24, 2.45) is 4.51 Å². The van der Waals surface area contributed by atoms with Crippen molar-refractivity contribution >= 4 is 11.4 Å². The van der Waals surface area contributed by atoms with Gasteiger partial charge >= 0.3 is 104 Å². The van der Waals surface area contributed by atoms with Crippen molar-refractivity contribution in [1.29, 1.82) is 0 Å². The molecule has 0 fully saturated rings. The number of rotatable bonds is 2. The van der Waals surface area contributed by atoms with E-state index in [-0.39, 0.29) is 0 Å². The quantitative estimate of drug-likeness (QED) is 0.699. The molecule has 0 saturated carbocycles. The van der Waals surface area contributed by atoms with E-state index in [9.17, 15) is 0 Å². The Bertz CT molecular complexity index is 430. The number of hydrogen-bond donors (Lipinski definition) is 0. The molecule has 70 valence electrons. The zero-order chi connectivity index (χ0) is 10.3. The molecule has 0 radical (unpaired) electrons. The van der Waals surface area contributed by atoms with Gasteiger partial charge in [-0.2, -0.15) is 0 Å². The van der Waals surface area contributed by atoms with E-state index < -0.39 is 27.4 Å². The first kappa shape index (κ1) is 10.6. The van der Waals surface area contributed by atoms with Crippen LogP contribution in [0, 0.1) is 27.4 Å². The molecule has 0 atom stereocenters. The van der Waals surface area contributed by atoms with Gasteiger partial charge in [0, 0.05) is 0 Å². The van der Waals surface area contributed by atoms with Crippen LogP contribution in [-0.2, 0) is 0 Å². The average Bonchev–Trinajstić information content (AvgIpc) is 2.32. The summed E-state index contributed by atoms with van der Waals surface area (Å²) in [5.41, 5.74) is 2.13. The third kappa shape index (κ3) is 3.62. The second-order valence-corrected chi connectivity index (χ2v) is 5.69. The van der Waals surface area contributed by atoms with Crippen LogP contribution in [0.5, 0.6) is 0 Å². The molecular formula is C12H10N2U+2. The Kier molecular flexibility index (Phi) is 4.13. The third-order valence-electron chi connectivity index (χ3n) is 1.87. The standard InChI is InChI=1S/2C6H5N.U/c2*7-6-4-2-1-3-5-6;/h2*1-5H;/q;;+2. The normalized spacial score (nSPS) is 9.07. The average molecular weight is 420 g/mol. The summed E-state index contributed by atoms with van der Waals surface area (Å²) in [6, 6.07) is 20.1. The van der Waals surface area contributed by atoms with Gasteiger partial charge in [0.25, 0.3) is 0 Å². The topological polar surface area (TPSA) is 24.7 Å². The summed E-state index contributed by atoms with van der Waals surface area (Å²) >= 11 is -1.35. The minimum absolute atomic E-state index is 1.06. The van der Waals surface area contributed by atoms with E-state index >= 15 is 0 Å². The molecule has 0 aromatic heterocycles. The van der Waals surface area contributed by atoms with Gasteiger partial charge in [0.15, 0.2) is 0 Å². The monoisotopic (exact) mass is 420 g/mol. The Morgan fingerprint density at radius 3 is 1.40 bits per heavy atom. The summed E-state index contributed by atoms with van der Waals surface area (Å²) in [6.07, 6.45) is 0. The fourth-order valence-electron chi connectivity index (χ4n) is 1.15. The summed E-state index contributed by atoms with van der Waals surface area (Å²) in [4.78, 5) is 0. The van der Waals surface area contributed by atoms with Crippen LogP contribution in [0.2, 0.25) is 0 Å². The summed E-state index contributed by atoms with van der Waals surface area (Å²) in [6.45, 7) is 0. The Morgan fingerprint density at radius 2 is 1.00 bits per heavy atom. The van der Waals surface area contributed by atoms with Crippen molar-refractivity contribution in [3.63, 3.8) is 0 Å². The van der Waals surface area contributed by atoms with E-state index in [2.05, 4.69) is 4.51 Å². The number of benzene rings is 2.